The van der Waals surface area contributed by atoms with Crippen LogP contribution in [0.25, 0.3) is 0 Å². The van der Waals surface area contributed by atoms with Crippen molar-refractivity contribution in [1.29, 1.82) is 0 Å². The maximum atomic E-state index is 3.55. The molecule has 1 nitrogen and oxygen atoms in total. The van der Waals surface area contributed by atoms with E-state index in [-0.39, 0.29) is 0 Å². The summed E-state index contributed by atoms with van der Waals surface area (Å²) in [6.45, 7) is 5.66. The van der Waals surface area contributed by atoms with Gasteiger partial charge in [0.25, 0.3) is 0 Å². The highest BCUT2D eigenvalue weighted by atomic mass is 32.2. The first kappa shape index (κ1) is 14.0. The van der Waals surface area contributed by atoms with E-state index >= 15 is 0 Å². The molecule has 0 saturated heterocycles. The van der Waals surface area contributed by atoms with Crippen molar-refractivity contribution in [3.8, 4) is 0 Å². The van der Waals surface area contributed by atoms with Crippen molar-refractivity contribution in [2.24, 2.45) is 0 Å². The Kier molecular flexibility index (Phi) is 5.58. The highest BCUT2D eigenvalue weighted by Crippen LogP contribution is 2.27. The first-order valence-electron chi connectivity index (χ1n) is 7.27. The summed E-state index contributed by atoms with van der Waals surface area (Å²) in [4.78, 5) is 1.46. The van der Waals surface area contributed by atoms with Crippen LogP contribution in [0.5, 0.6) is 0 Å². The smallest absolute Gasteiger partial charge is 0.00748 e. The van der Waals surface area contributed by atoms with Crippen molar-refractivity contribution >= 4 is 11.8 Å². The molecule has 1 aromatic carbocycles. The molecule has 0 spiro atoms. The fourth-order valence-corrected chi connectivity index (χ4v) is 3.58. The van der Waals surface area contributed by atoms with Gasteiger partial charge < -0.3 is 5.32 Å². The van der Waals surface area contributed by atoms with Gasteiger partial charge >= 0.3 is 0 Å². The lowest BCUT2D eigenvalue weighted by molar-refractivity contribution is 0.536. The normalized spacial score (nSPS) is 15.7. The van der Waals surface area contributed by atoms with Crippen molar-refractivity contribution in [2.75, 3.05) is 12.3 Å². The van der Waals surface area contributed by atoms with Gasteiger partial charge in [0.2, 0.25) is 0 Å². The highest BCUT2D eigenvalue weighted by molar-refractivity contribution is 7.99. The molecule has 1 aliphatic rings. The summed E-state index contributed by atoms with van der Waals surface area (Å²) < 4.78 is 0. The van der Waals surface area contributed by atoms with Crippen LogP contribution in [0.4, 0.5) is 0 Å². The van der Waals surface area contributed by atoms with Gasteiger partial charge in [-0.2, -0.15) is 0 Å². The number of fused-ring (bicyclic) bond motifs is 1. The van der Waals surface area contributed by atoms with Gasteiger partial charge in [-0.25, -0.2) is 0 Å². The van der Waals surface area contributed by atoms with Gasteiger partial charge in [-0.1, -0.05) is 13.0 Å². The van der Waals surface area contributed by atoms with E-state index in [1.54, 1.807) is 11.1 Å². The van der Waals surface area contributed by atoms with Crippen LogP contribution in [0.2, 0.25) is 0 Å². The second-order valence-electron chi connectivity index (χ2n) is 5.28. The average molecular weight is 263 g/mol. The van der Waals surface area contributed by atoms with Crippen LogP contribution >= 0.6 is 11.8 Å². The monoisotopic (exact) mass is 263 g/mol. The van der Waals surface area contributed by atoms with Gasteiger partial charge in [0.1, 0.15) is 0 Å². The lowest BCUT2D eigenvalue weighted by atomic mass is 10.1. The molecule has 0 aliphatic heterocycles. The third kappa shape index (κ3) is 4.03. The number of benzene rings is 1. The number of hydrogen-bond donors (Lipinski definition) is 1. The Bertz CT molecular complexity index is 375. The molecule has 18 heavy (non-hydrogen) atoms. The first-order chi connectivity index (χ1) is 8.79. The number of nitrogens with one attached hydrogen (secondary N) is 1. The highest BCUT2D eigenvalue weighted by Gasteiger charge is 2.10. The summed E-state index contributed by atoms with van der Waals surface area (Å²) in [6.07, 6.45) is 6.40. The van der Waals surface area contributed by atoms with E-state index in [0.717, 1.165) is 6.54 Å². The van der Waals surface area contributed by atoms with E-state index in [1.807, 2.05) is 11.8 Å². The van der Waals surface area contributed by atoms with Crippen molar-refractivity contribution in [3.05, 3.63) is 29.3 Å². The second-order valence-corrected chi connectivity index (χ2v) is 6.44. The summed E-state index contributed by atoms with van der Waals surface area (Å²) >= 11 is 2.01. The summed E-state index contributed by atoms with van der Waals surface area (Å²) in [5.41, 5.74) is 3.18. The molecule has 1 aromatic rings. The quantitative estimate of drug-likeness (QED) is 0.745. The largest absolute Gasteiger partial charge is 0.314 e. The Labute approximate surface area is 116 Å². The van der Waals surface area contributed by atoms with Crippen LogP contribution in [0.3, 0.4) is 0 Å². The molecule has 2 rings (SSSR count). The van der Waals surface area contributed by atoms with E-state index in [0.29, 0.717) is 6.04 Å². The maximum absolute atomic E-state index is 3.55. The van der Waals surface area contributed by atoms with Crippen LogP contribution in [-0.4, -0.2) is 18.3 Å². The van der Waals surface area contributed by atoms with Gasteiger partial charge in [-0.05, 0) is 74.6 Å². The summed E-state index contributed by atoms with van der Waals surface area (Å²) in [5.74, 6) is 1.22. The molecule has 0 fully saturated rings. The van der Waals surface area contributed by atoms with E-state index < -0.39 is 0 Å². The fraction of sp³-hybridized carbons (Fsp3) is 0.625. The summed E-state index contributed by atoms with van der Waals surface area (Å²) in [5, 5.41) is 3.55. The third-order valence-electron chi connectivity index (χ3n) is 3.63. The molecule has 0 bridgehead atoms. The third-order valence-corrected chi connectivity index (χ3v) is 4.66. The minimum Gasteiger partial charge on any atom is -0.314 e. The second kappa shape index (κ2) is 7.20. The van der Waals surface area contributed by atoms with Crippen LogP contribution in [-0.2, 0) is 12.8 Å². The summed E-state index contributed by atoms with van der Waals surface area (Å²) in [7, 11) is 0. The Morgan fingerprint density at radius 1 is 1.28 bits per heavy atom. The molecule has 1 unspecified atom stereocenters. The Hall–Kier alpha value is -0.470. The van der Waals surface area contributed by atoms with Crippen molar-refractivity contribution < 1.29 is 0 Å². The van der Waals surface area contributed by atoms with Crippen LogP contribution in [0.15, 0.2) is 23.1 Å². The SMILES string of the molecule is CCCNC(C)CCSc1ccc2c(c1)CCC2. The standard InChI is InChI=1S/C16H25NS/c1-3-10-17-13(2)9-11-18-16-8-7-14-5-4-6-15(14)12-16/h7-8,12-13,17H,3-6,9-11H2,1-2H3. The molecule has 2 heteroatoms. The number of rotatable bonds is 7. The predicted octanol–water partition coefficient (Wildman–Crippen LogP) is 4.05. The lowest BCUT2D eigenvalue weighted by Crippen LogP contribution is -2.27. The first-order valence-corrected chi connectivity index (χ1v) is 8.26. The average Bonchev–Trinajstić information content (AvgIpc) is 2.83. The molecular weight excluding hydrogens is 238 g/mol. The molecular formula is C16H25NS. The van der Waals surface area contributed by atoms with Crippen molar-refractivity contribution in [3.63, 3.8) is 0 Å². The molecule has 0 heterocycles. The van der Waals surface area contributed by atoms with Gasteiger partial charge in [-0.15, -0.1) is 11.8 Å². The molecule has 0 saturated carbocycles. The van der Waals surface area contributed by atoms with E-state index in [9.17, 15) is 0 Å². The zero-order chi connectivity index (χ0) is 12.8. The minimum absolute atomic E-state index is 0.645. The van der Waals surface area contributed by atoms with E-state index in [4.69, 9.17) is 0 Å². The van der Waals surface area contributed by atoms with Crippen LogP contribution in [0, 0.1) is 0 Å². The van der Waals surface area contributed by atoms with E-state index in [2.05, 4.69) is 37.4 Å². The van der Waals surface area contributed by atoms with Gasteiger partial charge in [0, 0.05) is 10.9 Å². The van der Waals surface area contributed by atoms with E-state index in [1.165, 1.54) is 42.8 Å². The molecule has 1 aliphatic carbocycles. The van der Waals surface area contributed by atoms with Gasteiger partial charge in [-0.3, -0.25) is 0 Å². The minimum atomic E-state index is 0.645. The Balaban J connectivity index is 1.73. The lowest BCUT2D eigenvalue weighted by Gasteiger charge is -2.12. The molecule has 0 aromatic heterocycles. The topological polar surface area (TPSA) is 12.0 Å². The number of aryl methyl sites for hydroxylation is 2. The number of thioether (sulfide) groups is 1. The molecule has 0 radical (unpaired) electrons. The van der Waals surface area contributed by atoms with Crippen molar-refractivity contribution in [1.82, 2.24) is 5.32 Å². The zero-order valence-corrected chi connectivity index (χ0v) is 12.5. The van der Waals surface area contributed by atoms with Gasteiger partial charge in [0.05, 0.1) is 0 Å². The molecule has 1 N–H and O–H groups in total. The maximum Gasteiger partial charge on any atom is 0.00748 e. The Morgan fingerprint density at radius 3 is 2.94 bits per heavy atom. The van der Waals surface area contributed by atoms with Crippen molar-refractivity contribution in [2.45, 2.75) is 56.9 Å². The zero-order valence-electron chi connectivity index (χ0n) is 11.7. The summed E-state index contributed by atoms with van der Waals surface area (Å²) in [6, 6.07) is 7.70. The Morgan fingerprint density at radius 2 is 2.11 bits per heavy atom. The predicted molar refractivity (Wildman–Crippen MR) is 81.6 cm³/mol. The fourth-order valence-electron chi connectivity index (χ4n) is 2.48. The molecule has 0 amide bonds. The van der Waals surface area contributed by atoms with Crippen LogP contribution in [0.1, 0.15) is 44.2 Å². The molecule has 1 atom stereocenters. The van der Waals surface area contributed by atoms with Crippen LogP contribution < -0.4 is 5.32 Å². The molecule has 100 valence electrons. The number of hydrogen-bond acceptors (Lipinski definition) is 2. The van der Waals surface area contributed by atoms with Gasteiger partial charge in [0.15, 0.2) is 0 Å².